The van der Waals surface area contributed by atoms with Gasteiger partial charge in [0.25, 0.3) is 0 Å². The lowest BCUT2D eigenvalue weighted by atomic mass is 9.85. The van der Waals surface area contributed by atoms with E-state index >= 15 is 0 Å². The Morgan fingerprint density at radius 1 is 0.963 bits per heavy atom. The molecule has 2 aromatic rings. The highest BCUT2D eigenvalue weighted by atomic mass is 35.5. The van der Waals surface area contributed by atoms with Crippen LogP contribution in [-0.2, 0) is 0 Å². The molecule has 3 rings (SSSR count). The van der Waals surface area contributed by atoms with E-state index in [-0.39, 0.29) is 35.6 Å². The van der Waals surface area contributed by atoms with Crippen LogP contribution in [-0.4, -0.2) is 30.0 Å². The molecule has 0 radical (unpaired) electrons. The Morgan fingerprint density at radius 2 is 1.48 bits per heavy atom. The molecule has 6 heteroatoms. The number of halogens is 3. The first-order chi connectivity index (χ1) is 12.2. The van der Waals surface area contributed by atoms with E-state index in [0.29, 0.717) is 5.92 Å². The van der Waals surface area contributed by atoms with Gasteiger partial charge in [0.15, 0.2) is 0 Å². The molecule has 0 amide bonds. The molecular formula is C21H29ClF2N2O. The Bertz CT molecular complexity index is 659. The fourth-order valence-electron chi connectivity index (χ4n) is 3.70. The maximum absolute atomic E-state index is 13.3. The van der Waals surface area contributed by atoms with Crippen molar-refractivity contribution in [2.24, 2.45) is 5.92 Å². The number of benzene rings is 2. The molecule has 0 spiro atoms. The van der Waals surface area contributed by atoms with Crippen LogP contribution in [0.1, 0.15) is 37.8 Å². The van der Waals surface area contributed by atoms with E-state index in [1.807, 2.05) is 12.1 Å². The molecule has 1 saturated heterocycles. The molecule has 0 aliphatic carbocycles. The standard InChI is InChI=1S/C21H26F2N2.ClH.H2O/c1-2-13-25-14-11-17(12-15-25)21(16-3-5-18(22)6-4-16)24-20-9-7-19(23)8-10-20;;/h3-10,17,21,24H,2,11-15H2,1H3;1H;1H2. The zero-order valence-electron chi connectivity index (χ0n) is 15.6. The lowest BCUT2D eigenvalue weighted by molar-refractivity contribution is 0.173. The highest BCUT2D eigenvalue weighted by Crippen LogP contribution is 2.34. The summed E-state index contributed by atoms with van der Waals surface area (Å²) in [6.07, 6.45) is 3.40. The predicted octanol–water partition coefficient (Wildman–Crippen LogP) is 4.84. The van der Waals surface area contributed by atoms with Gasteiger partial charge in [-0.3, -0.25) is 0 Å². The van der Waals surface area contributed by atoms with Gasteiger partial charge in [0.1, 0.15) is 11.6 Å². The average Bonchev–Trinajstić information content (AvgIpc) is 2.63. The van der Waals surface area contributed by atoms with E-state index in [9.17, 15) is 8.78 Å². The van der Waals surface area contributed by atoms with Crippen molar-refractivity contribution in [1.82, 2.24) is 4.90 Å². The molecule has 3 nitrogen and oxygen atoms in total. The zero-order chi connectivity index (χ0) is 17.6. The van der Waals surface area contributed by atoms with Crippen molar-refractivity contribution in [3.63, 3.8) is 0 Å². The van der Waals surface area contributed by atoms with E-state index in [4.69, 9.17) is 0 Å². The number of anilines is 1. The summed E-state index contributed by atoms with van der Waals surface area (Å²) in [5.41, 5.74) is 1.98. The maximum atomic E-state index is 13.3. The summed E-state index contributed by atoms with van der Waals surface area (Å²) in [4.78, 5) is 2.51. The van der Waals surface area contributed by atoms with Crippen molar-refractivity contribution in [2.75, 3.05) is 25.0 Å². The number of hydrogen-bond acceptors (Lipinski definition) is 2. The number of piperidine rings is 1. The van der Waals surface area contributed by atoms with E-state index in [1.54, 1.807) is 12.1 Å². The summed E-state index contributed by atoms with van der Waals surface area (Å²) >= 11 is 0. The molecule has 1 fully saturated rings. The monoisotopic (exact) mass is 398 g/mol. The van der Waals surface area contributed by atoms with Crippen molar-refractivity contribution in [3.8, 4) is 0 Å². The summed E-state index contributed by atoms with van der Waals surface area (Å²) in [7, 11) is 0. The Hall–Kier alpha value is -1.69. The first-order valence-electron chi connectivity index (χ1n) is 9.15. The molecule has 2 aromatic carbocycles. The highest BCUT2D eigenvalue weighted by molar-refractivity contribution is 5.85. The predicted molar refractivity (Wildman–Crippen MR) is 109 cm³/mol. The van der Waals surface area contributed by atoms with Crippen LogP contribution in [0.3, 0.4) is 0 Å². The first-order valence-corrected chi connectivity index (χ1v) is 9.15. The topological polar surface area (TPSA) is 46.8 Å². The van der Waals surface area contributed by atoms with Crippen molar-refractivity contribution in [1.29, 1.82) is 0 Å². The molecule has 1 unspecified atom stereocenters. The SMILES string of the molecule is CCCN1CCC(C(Nc2ccc(F)cc2)c2ccc(F)cc2)CC1.Cl.O. The Balaban J connectivity index is 0.00000182. The van der Waals surface area contributed by atoms with Crippen molar-refractivity contribution in [3.05, 3.63) is 65.7 Å². The molecule has 0 bridgehead atoms. The molecule has 1 aliphatic heterocycles. The summed E-state index contributed by atoms with van der Waals surface area (Å²) in [5, 5.41) is 3.55. The summed E-state index contributed by atoms with van der Waals surface area (Å²) in [6, 6.07) is 13.3. The largest absolute Gasteiger partial charge is 0.412 e. The van der Waals surface area contributed by atoms with E-state index < -0.39 is 0 Å². The van der Waals surface area contributed by atoms with Crippen LogP contribution in [0.2, 0.25) is 0 Å². The Morgan fingerprint density at radius 3 is 2.00 bits per heavy atom. The summed E-state index contributed by atoms with van der Waals surface area (Å²) in [6.45, 7) is 5.56. The van der Waals surface area contributed by atoms with Gasteiger partial charge in [-0.25, -0.2) is 8.78 Å². The molecule has 1 heterocycles. The number of rotatable bonds is 6. The first kappa shape index (κ1) is 23.3. The third-order valence-corrected chi connectivity index (χ3v) is 5.04. The molecule has 27 heavy (non-hydrogen) atoms. The molecule has 150 valence electrons. The van der Waals surface area contributed by atoms with Crippen molar-refractivity contribution >= 4 is 18.1 Å². The zero-order valence-corrected chi connectivity index (χ0v) is 16.4. The van der Waals surface area contributed by atoms with Crippen LogP contribution < -0.4 is 5.32 Å². The lowest BCUT2D eigenvalue weighted by Gasteiger charge is -2.37. The second kappa shape index (κ2) is 11.2. The molecule has 1 aliphatic rings. The minimum absolute atomic E-state index is 0. The van der Waals surface area contributed by atoms with Crippen LogP contribution in [0.15, 0.2) is 48.5 Å². The second-order valence-electron chi connectivity index (χ2n) is 6.86. The van der Waals surface area contributed by atoms with Gasteiger partial charge in [-0.15, -0.1) is 12.4 Å². The van der Waals surface area contributed by atoms with Gasteiger partial charge in [0.05, 0.1) is 6.04 Å². The number of likely N-dealkylation sites (tertiary alicyclic amines) is 1. The maximum Gasteiger partial charge on any atom is 0.123 e. The fourth-order valence-corrected chi connectivity index (χ4v) is 3.70. The minimum atomic E-state index is -0.239. The molecule has 3 N–H and O–H groups in total. The van der Waals surface area contributed by atoms with Crippen LogP contribution in [0.4, 0.5) is 14.5 Å². The van der Waals surface area contributed by atoms with Gasteiger partial charge < -0.3 is 15.7 Å². The average molecular weight is 399 g/mol. The van der Waals surface area contributed by atoms with Crippen LogP contribution in [0, 0.1) is 17.6 Å². The van der Waals surface area contributed by atoms with Crippen molar-refractivity contribution < 1.29 is 14.3 Å². The van der Waals surface area contributed by atoms with Gasteiger partial charge in [0, 0.05) is 5.69 Å². The quantitative estimate of drug-likeness (QED) is 0.756. The third-order valence-electron chi connectivity index (χ3n) is 5.04. The van der Waals surface area contributed by atoms with Gasteiger partial charge in [-0.2, -0.15) is 0 Å². The third kappa shape index (κ3) is 6.45. The van der Waals surface area contributed by atoms with Gasteiger partial charge >= 0.3 is 0 Å². The molecule has 0 aromatic heterocycles. The van der Waals surface area contributed by atoms with Crippen LogP contribution in [0.25, 0.3) is 0 Å². The van der Waals surface area contributed by atoms with Gasteiger partial charge in [-0.1, -0.05) is 19.1 Å². The lowest BCUT2D eigenvalue weighted by Crippen LogP contribution is -2.37. The van der Waals surface area contributed by atoms with Crippen LogP contribution in [0.5, 0.6) is 0 Å². The molecular weight excluding hydrogens is 370 g/mol. The number of nitrogens with one attached hydrogen (secondary N) is 1. The van der Waals surface area contributed by atoms with E-state index in [2.05, 4.69) is 17.1 Å². The van der Waals surface area contributed by atoms with Crippen molar-refractivity contribution in [2.45, 2.75) is 32.2 Å². The normalized spacial score (nSPS) is 16.1. The summed E-state index contributed by atoms with van der Waals surface area (Å²) < 4.78 is 26.5. The molecule has 0 saturated carbocycles. The highest BCUT2D eigenvalue weighted by Gasteiger charge is 2.27. The Kier molecular flexibility index (Phi) is 9.70. The van der Waals surface area contributed by atoms with E-state index in [1.165, 1.54) is 30.7 Å². The number of nitrogens with zero attached hydrogens (tertiary/aromatic N) is 1. The fraction of sp³-hybridized carbons (Fsp3) is 0.429. The Labute approximate surface area is 166 Å². The minimum Gasteiger partial charge on any atom is -0.412 e. The molecule has 1 atom stereocenters. The van der Waals surface area contributed by atoms with Gasteiger partial charge in [-0.05, 0) is 86.8 Å². The van der Waals surface area contributed by atoms with Gasteiger partial charge in [0.2, 0.25) is 0 Å². The number of hydrogen-bond donors (Lipinski definition) is 1. The van der Waals surface area contributed by atoms with E-state index in [0.717, 1.165) is 43.7 Å². The van der Waals surface area contributed by atoms with Crippen LogP contribution >= 0.6 is 12.4 Å². The smallest absolute Gasteiger partial charge is 0.123 e. The second-order valence-corrected chi connectivity index (χ2v) is 6.86. The summed E-state index contributed by atoms with van der Waals surface area (Å²) in [5.74, 6) is 0.0161.